The zero-order valence-corrected chi connectivity index (χ0v) is 13.9. The predicted molar refractivity (Wildman–Crippen MR) is 90.4 cm³/mol. The average Bonchev–Trinajstić information content (AvgIpc) is 2.51. The topological polar surface area (TPSA) is 50.4 Å². The first-order valence-corrected chi connectivity index (χ1v) is 8.37. The summed E-state index contributed by atoms with van der Waals surface area (Å²) in [4.78, 5) is 11.9. The standard InChI is InChI=1S/C18H28N2O2/c1-4-22-17-11-14(10-15-6-5-9-19-12-15)7-8-16(17)20-18(21)13(2)3/h7-8,11,13,15,19H,4-6,9-10,12H2,1-3H3,(H,20,21). The van der Waals surface area contributed by atoms with Gasteiger partial charge in [-0.25, -0.2) is 0 Å². The maximum Gasteiger partial charge on any atom is 0.227 e. The van der Waals surface area contributed by atoms with Gasteiger partial charge < -0.3 is 15.4 Å². The molecule has 1 atom stereocenters. The van der Waals surface area contributed by atoms with Crippen LogP contribution >= 0.6 is 0 Å². The van der Waals surface area contributed by atoms with Gasteiger partial charge in [0.15, 0.2) is 0 Å². The van der Waals surface area contributed by atoms with Gasteiger partial charge in [-0.05, 0) is 62.9 Å². The largest absolute Gasteiger partial charge is 0.492 e. The normalized spacial score (nSPS) is 18.3. The molecule has 4 heteroatoms. The number of anilines is 1. The number of carbonyl (C=O) groups excluding carboxylic acids is 1. The number of piperidine rings is 1. The van der Waals surface area contributed by atoms with E-state index in [1.54, 1.807) is 0 Å². The summed E-state index contributed by atoms with van der Waals surface area (Å²) in [5.74, 6) is 1.45. The maximum atomic E-state index is 11.9. The molecule has 122 valence electrons. The van der Waals surface area contributed by atoms with Crippen LogP contribution in [0.25, 0.3) is 0 Å². The van der Waals surface area contributed by atoms with E-state index in [9.17, 15) is 4.79 Å². The van der Waals surface area contributed by atoms with Crippen LogP contribution in [-0.4, -0.2) is 25.6 Å². The molecule has 2 rings (SSSR count). The molecule has 0 saturated carbocycles. The van der Waals surface area contributed by atoms with Crippen molar-refractivity contribution < 1.29 is 9.53 Å². The van der Waals surface area contributed by atoms with Gasteiger partial charge in [-0.1, -0.05) is 19.9 Å². The molecule has 0 spiro atoms. The zero-order chi connectivity index (χ0) is 15.9. The van der Waals surface area contributed by atoms with Crippen LogP contribution in [0.4, 0.5) is 5.69 Å². The first kappa shape index (κ1) is 16.8. The van der Waals surface area contributed by atoms with Crippen LogP contribution in [0.5, 0.6) is 5.75 Å². The average molecular weight is 304 g/mol. The van der Waals surface area contributed by atoms with Crippen LogP contribution in [0.2, 0.25) is 0 Å². The minimum absolute atomic E-state index is 0.0187. The molecular weight excluding hydrogens is 276 g/mol. The zero-order valence-electron chi connectivity index (χ0n) is 13.9. The van der Waals surface area contributed by atoms with Crippen molar-refractivity contribution in [2.45, 2.75) is 40.0 Å². The molecule has 1 aromatic carbocycles. The van der Waals surface area contributed by atoms with Gasteiger partial charge in [0.1, 0.15) is 5.75 Å². The van der Waals surface area contributed by atoms with Crippen LogP contribution in [-0.2, 0) is 11.2 Å². The van der Waals surface area contributed by atoms with Crippen LogP contribution in [0, 0.1) is 11.8 Å². The van der Waals surface area contributed by atoms with Crippen molar-refractivity contribution in [1.29, 1.82) is 0 Å². The molecular formula is C18H28N2O2. The van der Waals surface area contributed by atoms with E-state index in [1.165, 1.54) is 18.4 Å². The summed E-state index contributed by atoms with van der Waals surface area (Å²) in [6.45, 7) is 8.57. The number of amides is 1. The van der Waals surface area contributed by atoms with Gasteiger partial charge in [0.05, 0.1) is 12.3 Å². The summed E-state index contributed by atoms with van der Waals surface area (Å²) in [5.41, 5.74) is 2.05. The third-order valence-electron chi connectivity index (χ3n) is 4.05. The van der Waals surface area contributed by atoms with Gasteiger partial charge in [-0.15, -0.1) is 0 Å². The molecule has 1 aromatic rings. The van der Waals surface area contributed by atoms with Crippen molar-refractivity contribution in [3.63, 3.8) is 0 Å². The lowest BCUT2D eigenvalue weighted by atomic mass is 9.92. The van der Waals surface area contributed by atoms with Crippen LogP contribution in [0.15, 0.2) is 18.2 Å². The lowest BCUT2D eigenvalue weighted by Gasteiger charge is -2.23. The Morgan fingerprint density at radius 1 is 1.45 bits per heavy atom. The van der Waals surface area contributed by atoms with E-state index >= 15 is 0 Å². The highest BCUT2D eigenvalue weighted by atomic mass is 16.5. The molecule has 1 fully saturated rings. The Bertz CT molecular complexity index is 494. The highest BCUT2D eigenvalue weighted by Gasteiger charge is 2.16. The quantitative estimate of drug-likeness (QED) is 0.848. The molecule has 1 saturated heterocycles. The van der Waals surface area contributed by atoms with E-state index in [2.05, 4.69) is 22.8 Å². The number of benzene rings is 1. The van der Waals surface area contributed by atoms with Crippen molar-refractivity contribution in [2.75, 3.05) is 25.0 Å². The summed E-state index contributed by atoms with van der Waals surface area (Å²) in [6.07, 6.45) is 3.60. The van der Waals surface area contributed by atoms with Crippen molar-refractivity contribution >= 4 is 11.6 Å². The SMILES string of the molecule is CCOc1cc(CC2CCCNC2)ccc1NC(=O)C(C)C. The van der Waals surface area contributed by atoms with Crippen molar-refractivity contribution in [3.05, 3.63) is 23.8 Å². The van der Waals surface area contributed by atoms with Crippen molar-refractivity contribution in [2.24, 2.45) is 11.8 Å². The first-order valence-electron chi connectivity index (χ1n) is 8.37. The molecule has 2 N–H and O–H groups in total. The fraction of sp³-hybridized carbons (Fsp3) is 0.611. The van der Waals surface area contributed by atoms with Crippen molar-refractivity contribution in [3.8, 4) is 5.75 Å². The molecule has 4 nitrogen and oxygen atoms in total. The van der Waals surface area contributed by atoms with E-state index in [4.69, 9.17) is 4.74 Å². The monoisotopic (exact) mass is 304 g/mol. The molecule has 1 aliphatic heterocycles. The van der Waals surface area contributed by atoms with Gasteiger partial charge in [0, 0.05) is 5.92 Å². The Balaban J connectivity index is 2.09. The molecule has 1 amide bonds. The highest BCUT2D eigenvalue weighted by Crippen LogP contribution is 2.28. The highest BCUT2D eigenvalue weighted by molar-refractivity contribution is 5.93. The number of hydrogen-bond donors (Lipinski definition) is 2. The maximum absolute atomic E-state index is 11.9. The van der Waals surface area contributed by atoms with E-state index in [-0.39, 0.29) is 11.8 Å². The summed E-state index contributed by atoms with van der Waals surface area (Å²) >= 11 is 0. The van der Waals surface area contributed by atoms with Crippen LogP contribution in [0.1, 0.15) is 39.2 Å². The van der Waals surface area contributed by atoms with E-state index < -0.39 is 0 Å². The van der Waals surface area contributed by atoms with E-state index in [0.717, 1.165) is 30.9 Å². The fourth-order valence-corrected chi connectivity index (χ4v) is 2.78. The van der Waals surface area contributed by atoms with Gasteiger partial charge in [0.25, 0.3) is 0 Å². The molecule has 0 radical (unpaired) electrons. The lowest BCUT2D eigenvalue weighted by molar-refractivity contribution is -0.118. The fourth-order valence-electron chi connectivity index (χ4n) is 2.78. The first-order chi connectivity index (χ1) is 10.6. The third kappa shape index (κ3) is 4.73. The third-order valence-corrected chi connectivity index (χ3v) is 4.05. The molecule has 0 aromatic heterocycles. The van der Waals surface area contributed by atoms with Gasteiger partial charge in [0.2, 0.25) is 5.91 Å². The number of carbonyl (C=O) groups is 1. The summed E-state index contributed by atoms with van der Waals surface area (Å²) in [5, 5.41) is 6.41. The summed E-state index contributed by atoms with van der Waals surface area (Å²) in [7, 11) is 0. The van der Waals surface area contributed by atoms with Crippen LogP contribution < -0.4 is 15.4 Å². The second kappa shape index (κ2) is 8.18. The summed E-state index contributed by atoms with van der Waals surface area (Å²) < 4.78 is 5.72. The molecule has 0 bridgehead atoms. The number of hydrogen-bond acceptors (Lipinski definition) is 3. The molecule has 22 heavy (non-hydrogen) atoms. The Morgan fingerprint density at radius 3 is 2.91 bits per heavy atom. The minimum Gasteiger partial charge on any atom is -0.492 e. The van der Waals surface area contributed by atoms with Crippen LogP contribution in [0.3, 0.4) is 0 Å². The molecule has 1 aliphatic rings. The Morgan fingerprint density at radius 2 is 2.27 bits per heavy atom. The number of nitrogens with one attached hydrogen (secondary N) is 2. The van der Waals surface area contributed by atoms with Gasteiger partial charge in [-0.3, -0.25) is 4.79 Å². The Hall–Kier alpha value is -1.55. The second-order valence-electron chi connectivity index (χ2n) is 6.32. The van der Waals surface area contributed by atoms with Gasteiger partial charge >= 0.3 is 0 Å². The molecule has 1 heterocycles. The molecule has 0 aliphatic carbocycles. The smallest absolute Gasteiger partial charge is 0.227 e. The Labute approximate surface area is 133 Å². The second-order valence-corrected chi connectivity index (χ2v) is 6.32. The van der Waals surface area contributed by atoms with Gasteiger partial charge in [-0.2, -0.15) is 0 Å². The summed E-state index contributed by atoms with van der Waals surface area (Å²) in [6, 6.07) is 6.15. The predicted octanol–water partition coefficient (Wildman–Crippen LogP) is 3.22. The lowest BCUT2D eigenvalue weighted by Crippen LogP contribution is -2.30. The molecule has 1 unspecified atom stereocenters. The Kier molecular flexibility index (Phi) is 6.25. The minimum atomic E-state index is -0.0394. The number of ether oxygens (including phenoxy) is 1. The number of rotatable bonds is 6. The van der Waals surface area contributed by atoms with Crippen molar-refractivity contribution in [1.82, 2.24) is 5.32 Å². The van der Waals surface area contributed by atoms with E-state index in [0.29, 0.717) is 12.5 Å². The van der Waals surface area contributed by atoms with E-state index in [1.807, 2.05) is 26.8 Å².